The fraction of sp³-hybridized carbons (Fsp3) is 0.474. The van der Waals surface area contributed by atoms with Crippen molar-refractivity contribution >= 4 is 24.0 Å². The molecule has 2 aliphatic rings. The maximum absolute atomic E-state index is 12.3. The summed E-state index contributed by atoms with van der Waals surface area (Å²) in [7, 11) is 0. The normalized spacial score (nSPS) is 18.1. The van der Waals surface area contributed by atoms with Crippen LogP contribution < -0.4 is 15.4 Å². The van der Waals surface area contributed by atoms with Gasteiger partial charge in [0.1, 0.15) is 11.9 Å². The summed E-state index contributed by atoms with van der Waals surface area (Å²) in [5.74, 6) is 0.951. The van der Waals surface area contributed by atoms with Crippen LogP contribution in [-0.2, 0) is 30.7 Å². The quantitative estimate of drug-likeness (QED) is 0.860. The number of nitrogens with one attached hydrogen (secondary N) is 2. The Bertz CT molecular complexity index is 766. The van der Waals surface area contributed by atoms with E-state index in [4.69, 9.17) is 4.74 Å². The van der Waals surface area contributed by atoms with Crippen LogP contribution >= 0.6 is 12.4 Å². The van der Waals surface area contributed by atoms with Gasteiger partial charge in [0.25, 0.3) is 0 Å². The maximum Gasteiger partial charge on any atom is 0.224 e. The van der Waals surface area contributed by atoms with Crippen LogP contribution in [-0.4, -0.2) is 28.3 Å². The summed E-state index contributed by atoms with van der Waals surface area (Å²) in [4.78, 5) is 12.3. The Balaban J connectivity index is 0.00000196. The molecule has 0 spiro atoms. The van der Waals surface area contributed by atoms with Gasteiger partial charge in [-0.25, -0.2) is 0 Å². The number of fused-ring (bicyclic) bond motifs is 2. The third kappa shape index (κ3) is 4.19. The van der Waals surface area contributed by atoms with Gasteiger partial charge in [-0.1, -0.05) is 0 Å². The highest BCUT2D eigenvalue weighted by atomic mass is 35.5. The number of halogens is 1. The minimum absolute atomic E-state index is 0. The molecule has 3 heterocycles. The lowest BCUT2D eigenvalue weighted by Crippen LogP contribution is -2.13. The van der Waals surface area contributed by atoms with Gasteiger partial charge in [-0.15, -0.1) is 12.4 Å². The van der Waals surface area contributed by atoms with E-state index >= 15 is 0 Å². The molecular formula is C19H25ClN4O2. The molecule has 2 aliphatic heterocycles. The average molecular weight is 377 g/mol. The molecule has 0 bridgehead atoms. The lowest BCUT2D eigenvalue weighted by Gasteiger charge is -2.06. The first-order valence-corrected chi connectivity index (χ1v) is 9.03. The first-order chi connectivity index (χ1) is 12.2. The second-order valence-electron chi connectivity index (χ2n) is 6.88. The fourth-order valence-electron chi connectivity index (χ4n) is 3.51. The van der Waals surface area contributed by atoms with E-state index in [1.54, 1.807) is 0 Å². The van der Waals surface area contributed by atoms with Gasteiger partial charge in [0.15, 0.2) is 0 Å². The van der Waals surface area contributed by atoms with Crippen molar-refractivity contribution in [2.75, 3.05) is 11.9 Å². The smallest absolute Gasteiger partial charge is 0.224 e. The Labute approximate surface area is 159 Å². The summed E-state index contributed by atoms with van der Waals surface area (Å²) in [5.41, 5.74) is 4.20. The van der Waals surface area contributed by atoms with Crippen molar-refractivity contribution in [2.24, 2.45) is 0 Å². The molecule has 26 heavy (non-hydrogen) atoms. The molecule has 7 heteroatoms. The lowest BCUT2D eigenvalue weighted by atomic mass is 10.1. The summed E-state index contributed by atoms with van der Waals surface area (Å²) in [5, 5.41) is 11.0. The Morgan fingerprint density at radius 3 is 3.19 bits per heavy atom. The van der Waals surface area contributed by atoms with Crippen LogP contribution in [0.25, 0.3) is 0 Å². The van der Waals surface area contributed by atoms with Gasteiger partial charge in [-0.05, 0) is 49.7 Å². The molecule has 1 amide bonds. The first-order valence-electron chi connectivity index (χ1n) is 9.03. The molecule has 4 rings (SSSR count). The van der Waals surface area contributed by atoms with Crippen LogP contribution in [0, 0.1) is 0 Å². The predicted molar refractivity (Wildman–Crippen MR) is 103 cm³/mol. The lowest BCUT2D eigenvalue weighted by molar-refractivity contribution is -0.116. The number of benzene rings is 1. The van der Waals surface area contributed by atoms with Crippen LogP contribution in [0.5, 0.6) is 5.75 Å². The highest BCUT2D eigenvalue weighted by Crippen LogP contribution is 2.31. The third-order valence-electron chi connectivity index (χ3n) is 4.73. The number of anilines is 1. The number of aromatic nitrogens is 2. The van der Waals surface area contributed by atoms with E-state index in [-0.39, 0.29) is 24.4 Å². The van der Waals surface area contributed by atoms with Crippen LogP contribution in [0.15, 0.2) is 24.3 Å². The summed E-state index contributed by atoms with van der Waals surface area (Å²) in [6.45, 7) is 4.89. The number of hydrogen-bond donors (Lipinski definition) is 2. The molecule has 1 atom stereocenters. The van der Waals surface area contributed by atoms with E-state index in [1.165, 1.54) is 5.69 Å². The number of nitrogens with zero attached hydrogens (tertiary/aromatic N) is 2. The molecule has 1 aromatic heterocycles. The number of rotatable bonds is 4. The minimum atomic E-state index is 0. The number of carbonyl (C=O) groups excluding carboxylic acids is 1. The van der Waals surface area contributed by atoms with E-state index in [0.717, 1.165) is 55.2 Å². The number of aryl methyl sites for hydroxylation is 2. The fourth-order valence-corrected chi connectivity index (χ4v) is 3.51. The Morgan fingerprint density at radius 1 is 1.42 bits per heavy atom. The first kappa shape index (κ1) is 18.7. The topological polar surface area (TPSA) is 68.2 Å². The highest BCUT2D eigenvalue weighted by molar-refractivity contribution is 5.91. The van der Waals surface area contributed by atoms with E-state index < -0.39 is 0 Å². The SMILES string of the molecule is CC1Cc2cc(NC(=O)CCc3cc4n(n3)CCCNC4)ccc2O1.Cl. The summed E-state index contributed by atoms with van der Waals surface area (Å²) in [6.07, 6.45) is 3.31. The number of hydrogen-bond acceptors (Lipinski definition) is 4. The average Bonchev–Trinajstić information content (AvgIpc) is 3.08. The largest absolute Gasteiger partial charge is 0.490 e. The zero-order valence-electron chi connectivity index (χ0n) is 15.0. The predicted octanol–water partition coefficient (Wildman–Crippen LogP) is 2.69. The molecule has 0 saturated carbocycles. The molecule has 140 valence electrons. The van der Waals surface area contributed by atoms with Gasteiger partial charge in [0.05, 0.1) is 11.4 Å². The Morgan fingerprint density at radius 2 is 2.31 bits per heavy atom. The zero-order chi connectivity index (χ0) is 17.2. The summed E-state index contributed by atoms with van der Waals surface area (Å²) < 4.78 is 7.76. The van der Waals surface area contributed by atoms with Crippen LogP contribution in [0.3, 0.4) is 0 Å². The second-order valence-corrected chi connectivity index (χ2v) is 6.88. The molecule has 0 fully saturated rings. The van der Waals surface area contributed by atoms with E-state index in [2.05, 4.69) is 33.4 Å². The highest BCUT2D eigenvalue weighted by Gasteiger charge is 2.19. The summed E-state index contributed by atoms with van der Waals surface area (Å²) in [6, 6.07) is 7.97. The van der Waals surface area contributed by atoms with Crippen molar-refractivity contribution in [3.63, 3.8) is 0 Å². The van der Waals surface area contributed by atoms with Crippen molar-refractivity contribution in [3.8, 4) is 5.75 Å². The molecule has 2 N–H and O–H groups in total. The monoisotopic (exact) mass is 376 g/mol. The van der Waals surface area contributed by atoms with E-state index in [9.17, 15) is 4.79 Å². The number of carbonyl (C=O) groups is 1. The van der Waals surface area contributed by atoms with Crippen LogP contribution in [0.4, 0.5) is 5.69 Å². The number of ether oxygens (including phenoxy) is 1. The Kier molecular flexibility index (Phi) is 5.84. The van der Waals surface area contributed by atoms with Gasteiger partial charge in [-0.3, -0.25) is 9.48 Å². The number of amides is 1. The van der Waals surface area contributed by atoms with Gasteiger partial charge in [-0.2, -0.15) is 5.10 Å². The molecular weight excluding hydrogens is 352 g/mol. The minimum Gasteiger partial charge on any atom is -0.490 e. The van der Waals surface area contributed by atoms with Crippen molar-refractivity contribution in [1.82, 2.24) is 15.1 Å². The van der Waals surface area contributed by atoms with Crippen molar-refractivity contribution in [1.29, 1.82) is 0 Å². The van der Waals surface area contributed by atoms with Crippen molar-refractivity contribution in [3.05, 3.63) is 41.2 Å². The molecule has 6 nitrogen and oxygen atoms in total. The van der Waals surface area contributed by atoms with Gasteiger partial charge >= 0.3 is 0 Å². The molecule has 0 saturated heterocycles. The summed E-state index contributed by atoms with van der Waals surface area (Å²) >= 11 is 0. The van der Waals surface area contributed by atoms with Gasteiger partial charge in [0.2, 0.25) is 5.91 Å². The molecule has 2 aromatic rings. The standard InChI is InChI=1S/C19H24N4O2.ClH/c1-13-9-14-10-15(3-5-18(14)25-13)21-19(24)6-4-16-11-17-12-20-7-2-8-23(17)22-16;/h3,5,10-11,13,20H,2,4,6-9,12H2,1H3,(H,21,24);1H. The van der Waals surface area contributed by atoms with Gasteiger partial charge < -0.3 is 15.4 Å². The van der Waals surface area contributed by atoms with Gasteiger partial charge in [0, 0.05) is 38.0 Å². The van der Waals surface area contributed by atoms with E-state index in [0.29, 0.717) is 12.8 Å². The third-order valence-corrected chi connectivity index (χ3v) is 4.73. The molecule has 0 aliphatic carbocycles. The van der Waals surface area contributed by atoms with Crippen LogP contribution in [0.1, 0.15) is 36.7 Å². The molecule has 1 unspecified atom stereocenters. The zero-order valence-corrected chi connectivity index (χ0v) is 15.8. The molecule has 1 aromatic carbocycles. The Hall–Kier alpha value is -2.05. The van der Waals surface area contributed by atoms with E-state index in [1.807, 2.05) is 18.2 Å². The second kappa shape index (κ2) is 8.10. The van der Waals surface area contributed by atoms with Crippen molar-refractivity contribution < 1.29 is 9.53 Å². The van der Waals surface area contributed by atoms with Crippen LogP contribution in [0.2, 0.25) is 0 Å². The van der Waals surface area contributed by atoms with Crippen molar-refractivity contribution in [2.45, 2.75) is 51.8 Å². The maximum atomic E-state index is 12.3. The molecule has 0 radical (unpaired) electrons.